The summed E-state index contributed by atoms with van der Waals surface area (Å²) in [6.07, 6.45) is 1.21. The molecule has 21 heavy (non-hydrogen) atoms. The Kier molecular flexibility index (Phi) is 4.59. The molecule has 0 spiro atoms. The van der Waals surface area contributed by atoms with Gasteiger partial charge in [0.1, 0.15) is 0 Å². The van der Waals surface area contributed by atoms with E-state index in [4.69, 9.17) is 16.2 Å². The van der Waals surface area contributed by atoms with Crippen LogP contribution in [0.3, 0.4) is 0 Å². The third-order valence-electron chi connectivity index (χ3n) is 3.00. The molecule has 5 nitrogen and oxygen atoms in total. The quantitative estimate of drug-likeness (QED) is 0.492. The van der Waals surface area contributed by atoms with Crippen molar-refractivity contribution in [3.8, 4) is 0 Å². The molecule has 0 radical (unpaired) electrons. The Balaban J connectivity index is 2.16. The normalized spacial score (nSPS) is 10.1. The van der Waals surface area contributed by atoms with E-state index in [1.54, 1.807) is 30.3 Å². The van der Waals surface area contributed by atoms with E-state index in [-0.39, 0.29) is 5.56 Å². The number of aromatic carboxylic acids is 1. The number of halogens is 1. The van der Waals surface area contributed by atoms with Gasteiger partial charge in [0.25, 0.3) is 0 Å². The largest absolute Gasteiger partial charge is 0.478 e. The molecule has 0 amide bonds. The molecule has 0 atom stereocenters. The van der Waals surface area contributed by atoms with Crippen LogP contribution in [0.1, 0.15) is 21.5 Å². The fraction of sp³-hybridized carbons (Fsp3) is 0.0667. The van der Waals surface area contributed by atoms with E-state index < -0.39 is 5.97 Å². The van der Waals surface area contributed by atoms with Crippen LogP contribution >= 0.6 is 15.9 Å². The minimum absolute atomic E-state index is 0.255. The Morgan fingerprint density at radius 1 is 1.33 bits per heavy atom. The average molecular weight is 348 g/mol. The lowest BCUT2D eigenvalue weighted by Gasteiger charge is -2.12. The molecule has 5 N–H and O–H groups in total. The lowest BCUT2D eigenvalue weighted by molar-refractivity contribution is 0.0697. The smallest absolute Gasteiger partial charge is 0.335 e. The predicted octanol–water partition coefficient (Wildman–Crippen LogP) is 3.34. The van der Waals surface area contributed by atoms with E-state index >= 15 is 0 Å². The zero-order valence-electron chi connectivity index (χ0n) is 11.1. The predicted molar refractivity (Wildman–Crippen MR) is 87.2 cm³/mol. The molecule has 0 heterocycles. The number of hydrogen-bond donors (Lipinski definition) is 4. The Morgan fingerprint density at radius 3 is 2.57 bits per heavy atom. The number of nitrogen functional groups attached to an aromatic ring is 1. The van der Waals surface area contributed by atoms with Gasteiger partial charge in [-0.3, -0.25) is 0 Å². The molecule has 2 aromatic rings. The summed E-state index contributed by atoms with van der Waals surface area (Å²) in [6.45, 7) is 0.511. The number of carbonyl (C=O) groups is 1. The van der Waals surface area contributed by atoms with Crippen molar-refractivity contribution in [3.63, 3.8) is 0 Å². The standard InChI is InChI=1S/C15H14BrN3O2/c16-11-5-13(18)12(7-17)14(6-11)19-8-9-1-3-10(4-2-9)15(20)21/h1-7,17,19H,8,18H2,(H,20,21). The first-order valence-electron chi connectivity index (χ1n) is 6.17. The molecule has 0 aliphatic rings. The maximum absolute atomic E-state index is 10.8. The first kappa shape index (κ1) is 15.1. The molecular weight excluding hydrogens is 334 g/mol. The summed E-state index contributed by atoms with van der Waals surface area (Å²) in [6, 6.07) is 10.2. The third-order valence-corrected chi connectivity index (χ3v) is 3.46. The van der Waals surface area contributed by atoms with Crippen LogP contribution in [0.4, 0.5) is 11.4 Å². The maximum Gasteiger partial charge on any atom is 0.335 e. The van der Waals surface area contributed by atoms with Crippen molar-refractivity contribution >= 4 is 39.5 Å². The first-order valence-corrected chi connectivity index (χ1v) is 6.96. The highest BCUT2D eigenvalue weighted by atomic mass is 79.9. The zero-order valence-corrected chi connectivity index (χ0v) is 12.6. The van der Waals surface area contributed by atoms with Gasteiger partial charge >= 0.3 is 5.97 Å². The minimum atomic E-state index is -0.944. The van der Waals surface area contributed by atoms with Crippen LogP contribution in [0.2, 0.25) is 0 Å². The number of hydrogen-bond acceptors (Lipinski definition) is 4. The van der Waals surface area contributed by atoms with Crippen LogP contribution < -0.4 is 11.1 Å². The molecule has 0 aliphatic carbocycles. The third kappa shape index (κ3) is 3.61. The highest BCUT2D eigenvalue weighted by Gasteiger charge is 2.07. The van der Waals surface area contributed by atoms with Crippen LogP contribution in [0.5, 0.6) is 0 Å². The Labute approximate surface area is 130 Å². The van der Waals surface area contributed by atoms with Crippen molar-refractivity contribution in [1.29, 1.82) is 5.41 Å². The van der Waals surface area contributed by atoms with Crippen molar-refractivity contribution in [2.45, 2.75) is 6.54 Å². The fourth-order valence-corrected chi connectivity index (χ4v) is 2.38. The van der Waals surface area contributed by atoms with E-state index in [1.165, 1.54) is 6.21 Å². The van der Waals surface area contributed by atoms with Crippen molar-refractivity contribution < 1.29 is 9.90 Å². The number of nitrogens with two attached hydrogens (primary N) is 1. The molecule has 0 bridgehead atoms. The molecule has 0 aromatic heterocycles. The van der Waals surface area contributed by atoms with Gasteiger partial charge < -0.3 is 21.6 Å². The lowest BCUT2D eigenvalue weighted by Crippen LogP contribution is -2.05. The van der Waals surface area contributed by atoms with Gasteiger partial charge in [0.05, 0.1) is 5.56 Å². The van der Waals surface area contributed by atoms with Crippen LogP contribution in [-0.4, -0.2) is 17.3 Å². The highest BCUT2D eigenvalue weighted by Crippen LogP contribution is 2.26. The van der Waals surface area contributed by atoms with Crippen molar-refractivity contribution in [3.05, 3.63) is 57.6 Å². The van der Waals surface area contributed by atoms with E-state index in [1.807, 2.05) is 6.07 Å². The summed E-state index contributed by atoms with van der Waals surface area (Å²) in [5.74, 6) is -0.944. The summed E-state index contributed by atoms with van der Waals surface area (Å²) in [4.78, 5) is 10.8. The molecule has 0 saturated carbocycles. The average Bonchev–Trinajstić information content (AvgIpc) is 2.45. The van der Waals surface area contributed by atoms with E-state index in [0.29, 0.717) is 17.8 Å². The molecule has 2 rings (SSSR count). The van der Waals surface area contributed by atoms with Crippen molar-refractivity contribution in [2.24, 2.45) is 0 Å². The SMILES string of the molecule is N=Cc1c(N)cc(Br)cc1NCc1ccc(C(=O)O)cc1. The number of anilines is 2. The molecule has 2 aromatic carbocycles. The second-order valence-corrected chi connectivity index (χ2v) is 5.37. The van der Waals surface area contributed by atoms with Gasteiger partial charge in [0.15, 0.2) is 0 Å². The zero-order chi connectivity index (χ0) is 15.4. The summed E-state index contributed by atoms with van der Waals surface area (Å²) in [7, 11) is 0. The maximum atomic E-state index is 10.8. The summed E-state index contributed by atoms with van der Waals surface area (Å²) >= 11 is 3.37. The number of carboxylic acid groups (broad SMARTS) is 1. The second-order valence-electron chi connectivity index (χ2n) is 4.46. The topological polar surface area (TPSA) is 99.2 Å². The number of benzene rings is 2. The molecule has 0 unspecified atom stereocenters. The lowest BCUT2D eigenvalue weighted by atomic mass is 10.1. The van der Waals surface area contributed by atoms with Gasteiger partial charge in [-0.15, -0.1) is 0 Å². The van der Waals surface area contributed by atoms with Crippen molar-refractivity contribution in [1.82, 2.24) is 0 Å². The Bertz CT molecular complexity index is 684. The monoisotopic (exact) mass is 347 g/mol. The van der Waals surface area contributed by atoms with Gasteiger partial charge in [0.2, 0.25) is 0 Å². The molecular formula is C15H14BrN3O2. The van der Waals surface area contributed by atoms with Gasteiger partial charge in [0, 0.05) is 34.2 Å². The van der Waals surface area contributed by atoms with Crippen molar-refractivity contribution in [2.75, 3.05) is 11.1 Å². The van der Waals surface area contributed by atoms with Crippen LogP contribution in [-0.2, 0) is 6.54 Å². The summed E-state index contributed by atoms with van der Waals surface area (Å²) in [5, 5.41) is 19.5. The van der Waals surface area contributed by atoms with Crippen LogP contribution in [0, 0.1) is 5.41 Å². The van der Waals surface area contributed by atoms with Gasteiger partial charge in [-0.05, 0) is 29.8 Å². The molecule has 6 heteroatoms. The molecule has 0 aliphatic heterocycles. The van der Waals surface area contributed by atoms with E-state index in [2.05, 4.69) is 21.2 Å². The fourth-order valence-electron chi connectivity index (χ4n) is 1.91. The molecule has 108 valence electrons. The van der Waals surface area contributed by atoms with E-state index in [0.717, 1.165) is 15.7 Å². The summed E-state index contributed by atoms with van der Waals surface area (Å²) < 4.78 is 0.828. The number of nitrogens with one attached hydrogen (secondary N) is 2. The minimum Gasteiger partial charge on any atom is -0.478 e. The van der Waals surface area contributed by atoms with Crippen LogP contribution in [0.25, 0.3) is 0 Å². The molecule has 0 saturated heterocycles. The molecule has 0 fully saturated rings. The van der Waals surface area contributed by atoms with Gasteiger partial charge in [-0.2, -0.15) is 0 Å². The van der Waals surface area contributed by atoms with Crippen LogP contribution in [0.15, 0.2) is 40.9 Å². The summed E-state index contributed by atoms with van der Waals surface area (Å²) in [5.41, 5.74) is 8.95. The van der Waals surface area contributed by atoms with Gasteiger partial charge in [-0.25, -0.2) is 4.79 Å². The Morgan fingerprint density at radius 2 is 2.00 bits per heavy atom. The van der Waals surface area contributed by atoms with Gasteiger partial charge in [-0.1, -0.05) is 28.1 Å². The highest BCUT2D eigenvalue weighted by molar-refractivity contribution is 9.10. The number of rotatable bonds is 5. The number of carboxylic acids is 1. The van der Waals surface area contributed by atoms with E-state index in [9.17, 15) is 4.79 Å². The second kappa shape index (κ2) is 6.41. The first-order chi connectivity index (χ1) is 10.0. The Hall–Kier alpha value is -2.34.